The fourth-order valence-electron chi connectivity index (χ4n) is 1.67. The van der Waals surface area contributed by atoms with E-state index in [2.05, 4.69) is 37.4 Å². The molecule has 4 heteroatoms. The number of benzene rings is 1. The third kappa shape index (κ3) is 6.73. The van der Waals surface area contributed by atoms with Crippen LogP contribution in [0.5, 0.6) is 5.75 Å². The van der Waals surface area contributed by atoms with Gasteiger partial charge < -0.3 is 14.8 Å². The van der Waals surface area contributed by atoms with E-state index in [0.717, 1.165) is 18.0 Å². The van der Waals surface area contributed by atoms with Gasteiger partial charge in [-0.15, -0.1) is 0 Å². The van der Waals surface area contributed by atoms with Crippen LogP contribution in [0.15, 0.2) is 18.2 Å². The molecule has 0 fully saturated rings. The lowest BCUT2D eigenvalue weighted by Crippen LogP contribution is -2.08. The summed E-state index contributed by atoms with van der Waals surface area (Å²) in [6, 6.07) is 6.26. The molecule has 0 bridgehead atoms. The number of ether oxygens (including phenoxy) is 2. The molecular weight excluding hydrogens is 258 g/mol. The predicted octanol–water partition coefficient (Wildman–Crippen LogP) is 3.58. The van der Waals surface area contributed by atoms with Crippen molar-refractivity contribution in [2.75, 3.05) is 43.7 Å². The smallest absolute Gasteiger partial charge is 0.142 e. The first-order chi connectivity index (χ1) is 9.27. The summed E-state index contributed by atoms with van der Waals surface area (Å²) in [6.45, 7) is 6.45. The second-order valence-electron chi connectivity index (χ2n) is 4.32. The standard InChI is InChI=1S/C15H25NO2S/c1-4-19-11-5-8-16-14-7-6-13(2)12-15(14)18-10-9-17-3/h6-7,12,16H,4-5,8-11H2,1-3H3. The van der Waals surface area contributed by atoms with Gasteiger partial charge in [-0.1, -0.05) is 13.0 Å². The van der Waals surface area contributed by atoms with E-state index in [9.17, 15) is 0 Å². The average Bonchev–Trinajstić information content (AvgIpc) is 2.41. The molecule has 0 radical (unpaired) electrons. The largest absolute Gasteiger partial charge is 0.489 e. The highest BCUT2D eigenvalue weighted by atomic mass is 32.2. The third-order valence-corrected chi connectivity index (χ3v) is 3.65. The minimum absolute atomic E-state index is 0.584. The second kappa shape index (κ2) is 9.98. The van der Waals surface area contributed by atoms with Crippen molar-refractivity contribution in [2.24, 2.45) is 0 Å². The molecule has 1 aromatic rings. The maximum Gasteiger partial charge on any atom is 0.142 e. The van der Waals surface area contributed by atoms with E-state index in [0.29, 0.717) is 13.2 Å². The van der Waals surface area contributed by atoms with Crippen LogP contribution in [0.4, 0.5) is 5.69 Å². The van der Waals surface area contributed by atoms with Gasteiger partial charge in [0, 0.05) is 13.7 Å². The van der Waals surface area contributed by atoms with E-state index >= 15 is 0 Å². The van der Waals surface area contributed by atoms with Crippen LogP contribution in [0, 0.1) is 6.92 Å². The third-order valence-electron chi connectivity index (χ3n) is 2.67. The molecule has 0 aromatic heterocycles. The molecule has 0 aliphatic rings. The lowest BCUT2D eigenvalue weighted by Gasteiger charge is -2.14. The van der Waals surface area contributed by atoms with Crippen molar-refractivity contribution in [1.29, 1.82) is 0 Å². The summed E-state index contributed by atoms with van der Waals surface area (Å²) in [5.74, 6) is 3.31. The van der Waals surface area contributed by atoms with Gasteiger partial charge >= 0.3 is 0 Å². The quantitative estimate of drug-likeness (QED) is 0.665. The SMILES string of the molecule is CCSCCCNc1ccc(C)cc1OCCOC. The van der Waals surface area contributed by atoms with Crippen LogP contribution < -0.4 is 10.1 Å². The maximum atomic E-state index is 5.74. The first-order valence-electron chi connectivity index (χ1n) is 6.82. The number of aryl methyl sites for hydroxylation is 1. The summed E-state index contributed by atoms with van der Waals surface area (Å²) in [6.07, 6.45) is 1.17. The van der Waals surface area contributed by atoms with Gasteiger partial charge in [0.05, 0.1) is 12.3 Å². The van der Waals surface area contributed by atoms with Crippen LogP contribution in [0.25, 0.3) is 0 Å². The summed E-state index contributed by atoms with van der Waals surface area (Å²) in [7, 11) is 1.68. The number of thioether (sulfide) groups is 1. The van der Waals surface area contributed by atoms with Crippen LogP contribution in [0.2, 0.25) is 0 Å². The van der Waals surface area contributed by atoms with Gasteiger partial charge in [0.2, 0.25) is 0 Å². The van der Waals surface area contributed by atoms with E-state index in [1.54, 1.807) is 7.11 Å². The van der Waals surface area contributed by atoms with Gasteiger partial charge in [0.1, 0.15) is 12.4 Å². The van der Waals surface area contributed by atoms with Crippen molar-refractivity contribution in [3.05, 3.63) is 23.8 Å². The molecule has 0 heterocycles. The Morgan fingerprint density at radius 1 is 1.26 bits per heavy atom. The van der Waals surface area contributed by atoms with Crippen molar-refractivity contribution in [1.82, 2.24) is 0 Å². The molecule has 0 atom stereocenters. The second-order valence-corrected chi connectivity index (χ2v) is 5.71. The molecule has 0 saturated carbocycles. The molecule has 3 nitrogen and oxygen atoms in total. The summed E-state index contributed by atoms with van der Waals surface area (Å²) in [5.41, 5.74) is 2.28. The van der Waals surface area contributed by atoms with E-state index < -0.39 is 0 Å². The lowest BCUT2D eigenvalue weighted by molar-refractivity contribution is 0.146. The topological polar surface area (TPSA) is 30.5 Å². The van der Waals surface area contributed by atoms with Crippen LogP contribution in [0.3, 0.4) is 0 Å². The molecule has 0 amide bonds. The zero-order valence-corrected chi connectivity index (χ0v) is 13.0. The molecule has 1 rings (SSSR count). The monoisotopic (exact) mass is 283 g/mol. The first kappa shape index (κ1) is 16.2. The van der Waals surface area contributed by atoms with Crippen LogP contribution in [-0.2, 0) is 4.74 Å². The number of hydrogen-bond acceptors (Lipinski definition) is 4. The molecule has 108 valence electrons. The molecule has 0 spiro atoms. The number of methoxy groups -OCH3 is 1. The van der Waals surface area contributed by atoms with Gasteiger partial charge in [0.15, 0.2) is 0 Å². The Morgan fingerprint density at radius 2 is 2.11 bits per heavy atom. The molecule has 0 saturated heterocycles. The van der Waals surface area contributed by atoms with Crippen LogP contribution in [-0.4, -0.2) is 38.4 Å². The van der Waals surface area contributed by atoms with E-state index in [1.807, 2.05) is 11.8 Å². The highest BCUT2D eigenvalue weighted by molar-refractivity contribution is 7.99. The molecule has 1 N–H and O–H groups in total. The fourth-order valence-corrected chi connectivity index (χ4v) is 2.31. The minimum Gasteiger partial charge on any atom is -0.489 e. The highest BCUT2D eigenvalue weighted by Gasteiger charge is 2.03. The Labute approximate surface area is 121 Å². The number of nitrogens with one attached hydrogen (secondary N) is 1. The fraction of sp³-hybridized carbons (Fsp3) is 0.600. The average molecular weight is 283 g/mol. The zero-order valence-electron chi connectivity index (χ0n) is 12.2. The summed E-state index contributed by atoms with van der Waals surface area (Å²) in [5, 5.41) is 3.45. The lowest BCUT2D eigenvalue weighted by atomic mass is 10.2. The van der Waals surface area contributed by atoms with Crippen molar-refractivity contribution in [3.63, 3.8) is 0 Å². The normalized spacial score (nSPS) is 10.5. The van der Waals surface area contributed by atoms with Crippen LogP contribution >= 0.6 is 11.8 Å². The molecule has 0 unspecified atom stereocenters. The number of anilines is 1. The Morgan fingerprint density at radius 3 is 2.84 bits per heavy atom. The highest BCUT2D eigenvalue weighted by Crippen LogP contribution is 2.25. The number of hydrogen-bond donors (Lipinski definition) is 1. The van der Waals surface area contributed by atoms with Gasteiger partial charge in [-0.3, -0.25) is 0 Å². The Balaban J connectivity index is 2.45. The number of rotatable bonds is 10. The van der Waals surface area contributed by atoms with Gasteiger partial charge in [-0.2, -0.15) is 11.8 Å². The van der Waals surface area contributed by atoms with Crippen LogP contribution in [0.1, 0.15) is 18.9 Å². The van der Waals surface area contributed by atoms with E-state index in [-0.39, 0.29) is 0 Å². The summed E-state index contributed by atoms with van der Waals surface area (Å²) >= 11 is 1.98. The van der Waals surface area contributed by atoms with Crippen molar-refractivity contribution in [2.45, 2.75) is 20.3 Å². The minimum atomic E-state index is 0.584. The maximum absolute atomic E-state index is 5.74. The van der Waals surface area contributed by atoms with E-state index in [1.165, 1.54) is 23.5 Å². The Kier molecular flexibility index (Phi) is 8.50. The summed E-state index contributed by atoms with van der Waals surface area (Å²) in [4.78, 5) is 0. The van der Waals surface area contributed by atoms with E-state index in [4.69, 9.17) is 9.47 Å². The van der Waals surface area contributed by atoms with Gasteiger partial charge in [-0.25, -0.2) is 0 Å². The van der Waals surface area contributed by atoms with Crippen molar-refractivity contribution in [3.8, 4) is 5.75 Å². The summed E-state index contributed by atoms with van der Waals surface area (Å²) < 4.78 is 10.8. The van der Waals surface area contributed by atoms with Gasteiger partial charge in [0.25, 0.3) is 0 Å². The zero-order chi connectivity index (χ0) is 13.9. The molecule has 0 aliphatic heterocycles. The molecule has 0 aliphatic carbocycles. The predicted molar refractivity (Wildman–Crippen MR) is 84.7 cm³/mol. The Hall–Kier alpha value is -0.870. The van der Waals surface area contributed by atoms with Crippen molar-refractivity contribution >= 4 is 17.4 Å². The first-order valence-corrected chi connectivity index (χ1v) is 7.97. The molecule has 1 aromatic carbocycles. The Bertz CT molecular complexity index is 358. The molecular formula is C15H25NO2S. The van der Waals surface area contributed by atoms with Gasteiger partial charge in [-0.05, 0) is 42.5 Å². The van der Waals surface area contributed by atoms with Crippen molar-refractivity contribution < 1.29 is 9.47 Å². The molecule has 19 heavy (non-hydrogen) atoms.